The summed E-state index contributed by atoms with van der Waals surface area (Å²) >= 11 is 3.17. The van der Waals surface area contributed by atoms with Gasteiger partial charge in [0.25, 0.3) is 0 Å². The topological polar surface area (TPSA) is 84.2 Å². The predicted octanol–water partition coefficient (Wildman–Crippen LogP) is 4.02. The van der Waals surface area contributed by atoms with Gasteiger partial charge in [-0.15, -0.1) is 0 Å². The molecule has 0 saturated carbocycles. The van der Waals surface area contributed by atoms with E-state index >= 15 is 0 Å². The maximum Gasteiger partial charge on any atom is 0.353 e. The molecule has 0 atom stereocenters. The molecular formula is C15H15BrFN5O2. The molecule has 1 aliphatic heterocycles. The van der Waals surface area contributed by atoms with Gasteiger partial charge in [-0.25, -0.2) is 14.4 Å². The van der Waals surface area contributed by atoms with Crippen LogP contribution in [0.5, 0.6) is 0 Å². The molecule has 1 saturated heterocycles. The van der Waals surface area contributed by atoms with Crippen LogP contribution in [0.25, 0.3) is 0 Å². The molecule has 0 spiro atoms. The molecular weight excluding hydrogens is 381 g/mol. The van der Waals surface area contributed by atoms with Crippen molar-refractivity contribution in [1.82, 2.24) is 9.97 Å². The predicted molar refractivity (Wildman–Crippen MR) is 92.1 cm³/mol. The molecule has 0 amide bonds. The summed E-state index contributed by atoms with van der Waals surface area (Å²) in [7, 11) is 0. The van der Waals surface area contributed by atoms with E-state index in [1.54, 1.807) is 6.07 Å². The monoisotopic (exact) mass is 395 g/mol. The third kappa shape index (κ3) is 3.45. The first-order chi connectivity index (χ1) is 11.6. The molecule has 0 unspecified atom stereocenters. The third-order valence-corrected chi connectivity index (χ3v) is 4.32. The van der Waals surface area contributed by atoms with Gasteiger partial charge in [0.1, 0.15) is 12.1 Å². The Balaban J connectivity index is 1.99. The number of benzene rings is 1. The molecule has 1 aromatic carbocycles. The van der Waals surface area contributed by atoms with Crippen LogP contribution >= 0.6 is 15.9 Å². The van der Waals surface area contributed by atoms with Gasteiger partial charge >= 0.3 is 5.69 Å². The number of anilines is 3. The van der Waals surface area contributed by atoms with Gasteiger partial charge in [0.2, 0.25) is 11.6 Å². The Morgan fingerprint density at radius 2 is 2.00 bits per heavy atom. The lowest BCUT2D eigenvalue weighted by molar-refractivity contribution is -0.383. The summed E-state index contributed by atoms with van der Waals surface area (Å²) in [5.74, 6) is -0.275. The SMILES string of the molecule is O=[N+]([O-])c1c(Nc2ccc(Br)cc2F)ncnc1N1CCCCC1. The fourth-order valence-corrected chi connectivity index (χ4v) is 3.02. The smallest absolute Gasteiger partial charge is 0.351 e. The second kappa shape index (κ2) is 7.08. The van der Waals surface area contributed by atoms with Crippen LogP contribution in [-0.4, -0.2) is 28.0 Å². The lowest BCUT2D eigenvalue weighted by Crippen LogP contribution is -2.31. The first-order valence-corrected chi connectivity index (χ1v) is 8.32. The van der Waals surface area contributed by atoms with E-state index in [-0.39, 0.29) is 23.0 Å². The fourth-order valence-electron chi connectivity index (χ4n) is 2.68. The quantitative estimate of drug-likeness (QED) is 0.621. The van der Waals surface area contributed by atoms with Crippen molar-refractivity contribution >= 4 is 38.9 Å². The summed E-state index contributed by atoms with van der Waals surface area (Å²) < 4.78 is 14.6. The molecule has 0 bridgehead atoms. The van der Waals surface area contributed by atoms with Crippen molar-refractivity contribution in [3.8, 4) is 0 Å². The molecule has 1 aromatic heterocycles. The summed E-state index contributed by atoms with van der Waals surface area (Å²) in [6.07, 6.45) is 4.29. The van der Waals surface area contributed by atoms with Crippen molar-refractivity contribution in [1.29, 1.82) is 0 Å². The zero-order valence-electron chi connectivity index (χ0n) is 12.7. The minimum absolute atomic E-state index is 0.0169. The number of aromatic nitrogens is 2. The average Bonchev–Trinajstić information content (AvgIpc) is 2.58. The number of rotatable bonds is 4. The number of nitro groups is 1. The maximum atomic E-state index is 14.0. The van der Waals surface area contributed by atoms with Gasteiger partial charge in [0.05, 0.1) is 10.6 Å². The zero-order valence-corrected chi connectivity index (χ0v) is 14.3. The number of halogens is 2. The van der Waals surface area contributed by atoms with Crippen LogP contribution in [0.4, 0.5) is 27.4 Å². The number of nitrogens with zero attached hydrogens (tertiary/aromatic N) is 4. The second-order valence-corrected chi connectivity index (χ2v) is 6.36. The average molecular weight is 396 g/mol. The van der Waals surface area contributed by atoms with Crippen molar-refractivity contribution in [2.45, 2.75) is 19.3 Å². The van der Waals surface area contributed by atoms with E-state index in [1.165, 1.54) is 18.5 Å². The van der Waals surface area contributed by atoms with E-state index in [1.807, 2.05) is 4.90 Å². The van der Waals surface area contributed by atoms with E-state index in [9.17, 15) is 14.5 Å². The van der Waals surface area contributed by atoms with Crippen molar-refractivity contribution in [3.05, 3.63) is 44.9 Å². The Morgan fingerprint density at radius 3 is 2.67 bits per heavy atom. The summed E-state index contributed by atoms with van der Waals surface area (Å²) in [5, 5.41) is 14.3. The Morgan fingerprint density at radius 1 is 1.25 bits per heavy atom. The molecule has 2 aromatic rings. The van der Waals surface area contributed by atoms with Crippen LogP contribution in [0.2, 0.25) is 0 Å². The summed E-state index contributed by atoms with van der Waals surface area (Å²) in [4.78, 5) is 21.0. The Bertz CT molecular complexity index is 768. The minimum Gasteiger partial charge on any atom is -0.351 e. The normalized spacial score (nSPS) is 14.5. The highest BCUT2D eigenvalue weighted by molar-refractivity contribution is 9.10. The highest BCUT2D eigenvalue weighted by atomic mass is 79.9. The van der Waals surface area contributed by atoms with Gasteiger partial charge in [-0.1, -0.05) is 15.9 Å². The molecule has 0 aliphatic carbocycles. The highest BCUT2D eigenvalue weighted by Crippen LogP contribution is 2.35. The van der Waals surface area contributed by atoms with Gasteiger partial charge in [-0.2, -0.15) is 0 Å². The first kappa shape index (κ1) is 16.6. The van der Waals surface area contributed by atoms with Crippen molar-refractivity contribution in [2.75, 3.05) is 23.3 Å². The Hall–Kier alpha value is -2.29. The molecule has 9 heteroatoms. The van der Waals surface area contributed by atoms with Crippen LogP contribution in [0.1, 0.15) is 19.3 Å². The number of nitrogens with one attached hydrogen (secondary N) is 1. The van der Waals surface area contributed by atoms with E-state index < -0.39 is 10.7 Å². The minimum atomic E-state index is -0.531. The zero-order chi connectivity index (χ0) is 17.1. The summed E-state index contributed by atoms with van der Waals surface area (Å²) in [6.45, 7) is 1.42. The Kier molecular flexibility index (Phi) is 4.89. The van der Waals surface area contributed by atoms with Gasteiger partial charge in [0.15, 0.2) is 0 Å². The van der Waals surface area contributed by atoms with E-state index in [0.717, 1.165) is 19.3 Å². The van der Waals surface area contributed by atoms with E-state index in [2.05, 4.69) is 31.2 Å². The van der Waals surface area contributed by atoms with Gasteiger partial charge < -0.3 is 10.2 Å². The van der Waals surface area contributed by atoms with Crippen molar-refractivity contribution < 1.29 is 9.31 Å². The number of piperidine rings is 1. The van der Waals surface area contributed by atoms with E-state index in [0.29, 0.717) is 17.6 Å². The first-order valence-electron chi connectivity index (χ1n) is 7.52. The summed E-state index contributed by atoms with van der Waals surface area (Å²) in [6, 6.07) is 4.41. The largest absolute Gasteiger partial charge is 0.353 e. The number of hydrogen-bond donors (Lipinski definition) is 1. The maximum absolute atomic E-state index is 14.0. The van der Waals surface area contributed by atoms with Crippen LogP contribution < -0.4 is 10.2 Å². The molecule has 3 rings (SSSR count). The number of hydrogen-bond acceptors (Lipinski definition) is 6. The molecule has 1 N–H and O–H groups in total. The molecule has 24 heavy (non-hydrogen) atoms. The fraction of sp³-hybridized carbons (Fsp3) is 0.333. The molecule has 7 nitrogen and oxygen atoms in total. The molecule has 0 radical (unpaired) electrons. The van der Waals surface area contributed by atoms with Gasteiger partial charge in [0, 0.05) is 17.6 Å². The molecule has 1 aliphatic rings. The van der Waals surface area contributed by atoms with E-state index in [4.69, 9.17) is 0 Å². The van der Waals surface area contributed by atoms with Crippen LogP contribution in [-0.2, 0) is 0 Å². The molecule has 1 fully saturated rings. The van der Waals surface area contributed by atoms with Gasteiger partial charge in [-0.05, 0) is 37.5 Å². The van der Waals surface area contributed by atoms with Crippen molar-refractivity contribution in [2.24, 2.45) is 0 Å². The summed E-state index contributed by atoms with van der Waals surface area (Å²) in [5.41, 5.74) is -0.119. The lowest BCUT2D eigenvalue weighted by Gasteiger charge is -2.27. The molecule has 126 valence electrons. The highest BCUT2D eigenvalue weighted by Gasteiger charge is 2.28. The van der Waals surface area contributed by atoms with Gasteiger partial charge in [-0.3, -0.25) is 10.1 Å². The standard InChI is InChI=1S/C15H15BrFN5O2/c16-10-4-5-12(11(17)8-10)20-14-13(22(23)24)15(19-9-18-14)21-6-2-1-3-7-21/h4-5,8-9H,1-3,6-7H2,(H,18,19,20). The lowest BCUT2D eigenvalue weighted by atomic mass is 10.1. The molecule has 2 heterocycles. The van der Waals surface area contributed by atoms with Crippen LogP contribution in [0.3, 0.4) is 0 Å². The van der Waals surface area contributed by atoms with Crippen molar-refractivity contribution in [3.63, 3.8) is 0 Å². The third-order valence-electron chi connectivity index (χ3n) is 3.83. The Labute approximate surface area is 146 Å². The van der Waals surface area contributed by atoms with Crippen LogP contribution in [0, 0.1) is 15.9 Å². The second-order valence-electron chi connectivity index (χ2n) is 5.45. The van der Waals surface area contributed by atoms with Crippen LogP contribution in [0.15, 0.2) is 29.0 Å².